The summed E-state index contributed by atoms with van der Waals surface area (Å²) in [7, 11) is 0. The maximum Gasteiger partial charge on any atom is 0.187 e. The molecule has 0 bridgehead atoms. The van der Waals surface area contributed by atoms with Crippen LogP contribution in [0.3, 0.4) is 0 Å². The van der Waals surface area contributed by atoms with Gasteiger partial charge in [0.25, 0.3) is 0 Å². The first kappa shape index (κ1) is 38.8. The summed E-state index contributed by atoms with van der Waals surface area (Å²) in [6.45, 7) is 9.81. The second-order valence-electron chi connectivity index (χ2n) is 13.5. The van der Waals surface area contributed by atoms with E-state index in [9.17, 15) is 40.9 Å². The van der Waals surface area contributed by atoms with Gasteiger partial charge in [0.15, 0.2) is 18.9 Å². The van der Waals surface area contributed by atoms with E-state index in [1.54, 1.807) is 41.5 Å². The predicted octanol–water partition coefficient (Wildman–Crippen LogP) is -3.94. The Bertz CT molecular complexity index is 888. The van der Waals surface area contributed by atoms with Crippen LogP contribution in [0.1, 0.15) is 41.5 Å². The van der Waals surface area contributed by atoms with Crippen molar-refractivity contribution in [2.45, 2.75) is 145 Å². The quantitative estimate of drug-likeness (QED) is 0.0968. The highest BCUT2D eigenvalue weighted by atomic mass is 16.8. The molecule has 17 heteroatoms. The fraction of sp³-hybridized carbons (Fsp3) is 1.00. The summed E-state index contributed by atoms with van der Waals surface area (Å²) in [6, 6.07) is 0. The van der Waals surface area contributed by atoms with Crippen molar-refractivity contribution >= 4 is 0 Å². The van der Waals surface area contributed by atoms with Crippen molar-refractivity contribution in [3.05, 3.63) is 0 Å². The molecule has 15 unspecified atom stereocenters. The SMILES string of the molecule is CC(C)(C)OCC1OC(OCC2OC(OCC3OC(OC(C)(C)C)C(OCCN)C(O)C3O)C(O)C(O)C2O)C(O)C(O)C1O. The van der Waals surface area contributed by atoms with Crippen LogP contribution >= 0.6 is 0 Å². The lowest BCUT2D eigenvalue weighted by Gasteiger charge is -2.45. The maximum absolute atomic E-state index is 10.8. The molecule has 0 spiro atoms. The van der Waals surface area contributed by atoms with Gasteiger partial charge in [0.2, 0.25) is 0 Å². The van der Waals surface area contributed by atoms with Gasteiger partial charge in [-0.1, -0.05) is 0 Å². The van der Waals surface area contributed by atoms with E-state index in [2.05, 4.69) is 0 Å². The molecule has 0 aromatic carbocycles. The van der Waals surface area contributed by atoms with Gasteiger partial charge in [0.05, 0.1) is 37.6 Å². The molecular formula is C28H53NO16. The van der Waals surface area contributed by atoms with Crippen molar-refractivity contribution in [2.75, 3.05) is 33.0 Å². The first-order chi connectivity index (χ1) is 20.8. The smallest absolute Gasteiger partial charge is 0.187 e. The molecule has 17 nitrogen and oxygen atoms in total. The summed E-state index contributed by atoms with van der Waals surface area (Å²) in [5.74, 6) is 0. The maximum atomic E-state index is 10.8. The van der Waals surface area contributed by atoms with Gasteiger partial charge >= 0.3 is 0 Å². The van der Waals surface area contributed by atoms with Crippen LogP contribution in [0, 0.1) is 0 Å². The first-order valence-electron chi connectivity index (χ1n) is 15.1. The molecule has 0 aliphatic carbocycles. The van der Waals surface area contributed by atoms with Crippen LogP contribution in [0.2, 0.25) is 0 Å². The Hall–Kier alpha value is -0.680. The number of ether oxygens (including phenoxy) is 8. The van der Waals surface area contributed by atoms with Crippen LogP contribution in [0.5, 0.6) is 0 Å². The molecule has 3 saturated heterocycles. The van der Waals surface area contributed by atoms with Crippen LogP contribution in [-0.4, -0.2) is 177 Å². The zero-order valence-electron chi connectivity index (χ0n) is 26.6. The number of hydrogen-bond donors (Lipinski definition) is 9. The molecule has 3 rings (SSSR count). The van der Waals surface area contributed by atoms with Crippen LogP contribution in [0.4, 0.5) is 0 Å². The zero-order chi connectivity index (χ0) is 33.9. The predicted molar refractivity (Wildman–Crippen MR) is 151 cm³/mol. The number of aliphatic hydroxyl groups excluding tert-OH is 8. The highest BCUT2D eigenvalue weighted by molar-refractivity contribution is 4.94. The van der Waals surface area contributed by atoms with Crippen molar-refractivity contribution in [2.24, 2.45) is 5.73 Å². The van der Waals surface area contributed by atoms with Crippen LogP contribution in [-0.2, 0) is 37.9 Å². The van der Waals surface area contributed by atoms with Gasteiger partial charge in [0, 0.05) is 6.54 Å². The molecule has 3 aliphatic rings. The van der Waals surface area contributed by atoms with Crippen molar-refractivity contribution in [3.63, 3.8) is 0 Å². The van der Waals surface area contributed by atoms with Crippen LogP contribution < -0.4 is 5.73 Å². The summed E-state index contributed by atoms with van der Waals surface area (Å²) in [5, 5.41) is 84.2. The third-order valence-electron chi connectivity index (χ3n) is 7.41. The number of hydrogen-bond acceptors (Lipinski definition) is 17. The highest BCUT2D eigenvalue weighted by Gasteiger charge is 2.50. The van der Waals surface area contributed by atoms with Gasteiger partial charge in [-0.3, -0.25) is 0 Å². The molecule has 0 saturated carbocycles. The molecule has 3 aliphatic heterocycles. The Morgan fingerprint density at radius 2 is 0.933 bits per heavy atom. The summed E-state index contributed by atoms with van der Waals surface area (Å²) >= 11 is 0. The van der Waals surface area contributed by atoms with Crippen LogP contribution in [0.15, 0.2) is 0 Å². The van der Waals surface area contributed by atoms with Crippen molar-refractivity contribution in [1.82, 2.24) is 0 Å². The molecule has 3 heterocycles. The van der Waals surface area contributed by atoms with Gasteiger partial charge in [0.1, 0.15) is 73.2 Å². The van der Waals surface area contributed by atoms with Gasteiger partial charge in [-0.05, 0) is 41.5 Å². The monoisotopic (exact) mass is 659 g/mol. The lowest BCUT2D eigenvalue weighted by atomic mass is 9.97. The topological polar surface area (TPSA) is 262 Å². The second kappa shape index (κ2) is 16.1. The molecular weight excluding hydrogens is 606 g/mol. The largest absolute Gasteiger partial charge is 0.387 e. The molecule has 266 valence electrons. The summed E-state index contributed by atoms with van der Waals surface area (Å²) < 4.78 is 45.5. The molecule has 0 aromatic heterocycles. The lowest BCUT2D eigenvalue weighted by Crippen LogP contribution is -2.63. The third kappa shape index (κ3) is 10.4. The Morgan fingerprint density at radius 1 is 0.511 bits per heavy atom. The average Bonchev–Trinajstić information content (AvgIpc) is 2.95. The average molecular weight is 660 g/mol. The minimum Gasteiger partial charge on any atom is -0.387 e. The van der Waals surface area contributed by atoms with Gasteiger partial charge in [-0.15, -0.1) is 0 Å². The summed E-state index contributed by atoms with van der Waals surface area (Å²) in [5.41, 5.74) is 4.21. The first-order valence-corrected chi connectivity index (χ1v) is 15.1. The Kier molecular flexibility index (Phi) is 13.9. The van der Waals surface area contributed by atoms with E-state index in [0.29, 0.717) is 0 Å². The fourth-order valence-electron chi connectivity index (χ4n) is 4.96. The molecule has 0 radical (unpaired) electrons. The number of rotatable bonds is 12. The van der Waals surface area contributed by atoms with E-state index in [4.69, 9.17) is 43.6 Å². The standard InChI is InChI=1S/C28H53NO16/c1-27(2,3)41-11-14-16(31)19(34)22(37)25(43-14)39-9-12-15(30)18(33)21(36)24(42-12)40-10-13-17(32)20(35)23(38-8-7-29)26(44-13)45-28(4,5)6/h12-26,30-37H,7-11,29H2,1-6H3. The zero-order valence-corrected chi connectivity index (χ0v) is 26.6. The Morgan fingerprint density at radius 3 is 1.36 bits per heavy atom. The minimum atomic E-state index is -1.76. The molecule has 10 N–H and O–H groups in total. The van der Waals surface area contributed by atoms with Crippen molar-refractivity contribution < 1.29 is 78.7 Å². The molecule has 45 heavy (non-hydrogen) atoms. The van der Waals surface area contributed by atoms with E-state index < -0.39 is 117 Å². The van der Waals surface area contributed by atoms with E-state index in [0.717, 1.165) is 0 Å². The van der Waals surface area contributed by atoms with Crippen LogP contribution in [0.25, 0.3) is 0 Å². The van der Waals surface area contributed by atoms with E-state index in [1.165, 1.54) is 0 Å². The summed E-state index contributed by atoms with van der Waals surface area (Å²) in [4.78, 5) is 0. The van der Waals surface area contributed by atoms with E-state index >= 15 is 0 Å². The summed E-state index contributed by atoms with van der Waals surface area (Å²) in [6.07, 6.45) is -21.7. The van der Waals surface area contributed by atoms with Crippen molar-refractivity contribution in [1.29, 1.82) is 0 Å². The van der Waals surface area contributed by atoms with Gasteiger partial charge in [-0.2, -0.15) is 0 Å². The molecule has 0 aromatic rings. The third-order valence-corrected chi connectivity index (χ3v) is 7.41. The van der Waals surface area contributed by atoms with Gasteiger partial charge < -0.3 is 84.5 Å². The molecule has 3 fully saturated rings. The number of nitrogens with two attached hydrogens (primary N) is 1. The Balaban J connectivity index is 1.63. The lowest BCUT2D eigenvalue weighted by molar-refractivity contribution is -0.350. The normalized spacial score (nSPS) is 43.4. The van der Waals surface area contributed by atoms with E-state index in [1.807, 2.05) is 0 Å². The van der Waals surface area contributed by atoms with Gasteiger partial charge in [-0.25, -0.2) is 0 Å². The van der Waals surface area contributed by atoms with E-state index in [-0.39, 0.29) is 19.8 Å². The Labute approximate surface area is 262 Å². The number of aliphatic hydroxyl groups is 8. The second-order valence-corrected chi connectivity index (χ2v) is 13.5. The fourth-order valence-corrected chi connectivity index (χ4v) is 4.96. The highest BCUT2D eigenvalue weighted by Crippen LogP contribution is 2.30. The molecule has 0 amide bonds. The molecule has 15 atom stereocenters. The van der Waals surface area contributed by atoms with Crippen molar-refractivity contribution in [3.8, 4) is 0 Å². The minimum absolute atomic E-state index is 0.0720.